The fourth-order valence-electron chi connectivity index (χ4n) is 3.53. The van der Waals surface area contributed by atoms with Crippen LogP contribution in [0.2, 0.25) is 0 Å². The Kier molecular flexibility index (Phi) is 6.62. The fraction of sp³-hybridized carbons (Fsp3) is 0.364. The smallest absolute Gasteiger partial charge is 0.211 e. The van der Waals surface area contributed by atoms with Crippen LogP contribution in [-0.2, 0) is 23.5 Å². The number of aromatic nitrogens is 1. The number of methoxy groups -OCH3 is 1. The normalized spacial score (nSPS) is 13.1. The minimum absolute atomic E-state index is 0.0506. The lowest BCUT2D eigenvalue weighted by Gasteiger charge is -2.24. The van der Waals surface area contributed by atoms with Crippen LogP contribution in [-0.4, -0.2) is 51.4 Å². The second-order valence-electron chi connectivity index (χ2n) is 7.46. The number of nitrogens with one attached hydrogen (secondary N) is 1. The Morgan fingerprint density at radius 2 is 1.79 bits per heavy atom. The van der Waals surface area contributed by atoms with Crippen molar-refractivity contribution >= 4 is 20.9 Å². The van der Waals surface area contributed by atoms with Crippen LogP contribution in [0.15, 0.2) is 54.7 Å². The van der Waals surface area contributed by atoms with Crippen molar-refractivity contribution in [1.82, 2.24) is 14.2 Å². The van der Waals surface area contributed by atoms with Gasteiger partial charge in [-0.15, -0.1) is 0 Å². The second kappa shape index (κ2) is 8.98. The number of hydrogen-bond acceptors (Lipinski definition) is 4. The maximum Gasteiger partial charge on any atom is 0.211 e. The highest BCUT2D eigenvalue weighted by atomic mass is 32.2. The highest BCUT2D eigenvalue weighted by molar-refractivity contribution is 7.89. The molecule has 0 fully saturated rings. The van der Waals surface area contributed by atoms with Gasteiger partial charge in [-0.25, -0.2) is 13.1 Å². The zero-order chi connectivity index (χ0) is 21.0. The zero-order valence-corrected chi connectivity index (χ0v) is 18.2. The van der Waals surface area contributed by atoms with Crippen LogP contribution in [0.25, 0.3) is 10.9 Å². The maximum absolute atomic E-state index is 12.6. The van der Waals surface area contributed by atoms with Crippen LogP contribution in [0.4, 0.5) is 0 Å². The van der Waals surface area contributed by atoms with Gasteiger partial charge in [-0.3, -0.25) is 0 Å². The average Bonchev–Trinajstić information content (AvgIpc) is 3.03. The highest BCUT2D eigenvalue weighted by Gasteiger charge is 2.21. The summed E-state index contributed by atoms with van der Waals surface area (Å²) in [6, 6.07) is 15.6. The monoisotopic (exact) mass is 415 g/mol. The van der Waals surface area contributed by atoms with Gasteiger partial charge >= 0.3 is 0 Å². The predicted octanol–water partition coefficient (Wildman–Crippen LogP) is 2.95. The Hall–Kier alpha value is -2.35. The van der Waals surface area contributed by atoms with E-state index in [1.54, 1.807) is 7.11 Å². The van der Waals surface area contributed by atoms with Crippen molar-refractivity contribution < 1.29 is 13.2 Å². The fourth-order valence-corrected chi connectivity index (χ4v) is 4.59. The number of fused-ring (bicyclic) bond motifs is 1. The van der Waals surface area contributed by atoms with Gasteiger partial charge in [0.2, 0.25) is 10.0 Å². The molecule has 0 aliphatic rings. The molecule has 6 nitrogen and oxygen atoms in total. The quantitative estimate of drug-likeness (QED) is 0.584. The van der Waals surface area contributed by atoms with Gasteiger partial charge in [-0.2, -0.15) is 0 Å². The summed E-state index contributed by atoms with van der Waals surface area (Å²) in [6.07, 6.45) is 2.54. The summed E-state index contributed by atoms with van der Waals surface area (Å²) in [5.74, 6) is 0.813. The Morgan fingerprint density at radius 3 is 2.45 bits per heavy atom. The first-order valence-corrected chi connectivity index (χ1v) is 11.3. The SMILES string of the molecule is COc1ccc(CCS(=O)(=O)NC[C@H](c2cn(C)c3ccccc23)N(C)C)cc1. The van der Waals surface area contributed by atoms with E-state index in [1.807, 2.05) is 62.4 Å². The predicted molar refractivity (Wildman–Crippen MR) is 118 cm³/mol. The molecule has 1 atom stereocenters. The number of nitrogens with zero attached hydrogens (tertiary/aromatic N) is 2. The van der Waals surface area contributed by atoms with Crippen LogP contribution in [0.5, 0.6) is 5.75 Å². The molecule has 2 aromatic carbocycles. The topological polar surface area (TPSA) is 63.6 Å². The van der Waals surface area contributed by atoms with Gasteiger partial charge in [0.05, 0.1) is 12.9 Å². The largest absolute Gasteiger partial charge is 0.497 e. The van der Waals surface area contributed by atoms with Crippen molar-refractivity contribution in [3.05, 3.63) is 65.9 Å². The molecule has 0 radical (unpaired) electrons. The van der Waals surface area contributed by atoms with Gasteiger partial charge in [0.1, 0.15) is 5.75 Å². The first kappa shape index (κ1) is 21.4. The summed E-state index contributed by atoms with van der Waals surface area (Å²) < 4.78 is 35.2. The van der Waals surface area contributed by atoms with Gasteiger partial charge in [0.25, 0.3) is 0 Å². The number of benzene rings is 2. The molecule has 29 heavy (non-hydrogen) atoms. The third-order valence-corrected chi connectivity index (χ3v) is 6.57. The van der Waals surface area contributed by atoms with E-state index in [2.05, 4.69) is 27.6 Å². The minimum Gasteiger partial charge on any atom is -0.497 e. The first-order chi connectivity index (χ1) is 13.8. The number of hydrogen-bond donors (Lipinski definition) is 1. The number of aryl methyl sites for hydroxylation is 2. The molecule has 3 aromatic rings. The number of para-hydroxylation sites is 1. The third kappa shape index (κ3) is 5.18. The molecule has 0 unspecified atom stereocenters. The molecule has 1 heterocycles. The molecule has 156 valence electrons. The molecule has 0 spiro atoms. The number of ether oxygens (including phenoxy) is 1. The molecule has 3 rings (SSSR count). The van der Waals surface area contributed by atoms with Crippen molar-refractivity contribution in [2.24, 2.45) is 7.05 Å². The van der Waals surface area contributed by atoms with Crippen LogP contribution < -0.4 is 9.46 Å². The molecule has 0 bridgehead atoms. The van der Waals surface area contributed by atoms with Gasteiger partial charge in [0, 0.05) is 36.7 Å². The molecule has 1 N–H and O–H groups in total. The van der Waals surface area contributed by atoms with E-state index in [0.717, 1.165) is 27.8 Å². The van der Waals surface area contributed by atoms with Crippen molar-refractivity contribution in [2.75, 3.05) is 33.5 Å². The van der Waals surface area contributed by atoms with Crippen molar-refractivity contribution in [3.8, 4) is 5.75 Å². The van der Waals surface area contributed by atoms with Crippen molar-refractivity contribution in [2.45, 2.75) is 12.5 Å². The van der Waals surface area contributed by atoms with Gasteiger partial charge in [-0.1, -0.05) is 30.3 Å². The summed E-state index contributed by atoms with van der Waals surface area (Å²) >= 11 is 0. The Balaban J connectivity index is 1.69. The molecular weight excluding hydrogens is 386 g/mol. The first-order valence-electron chi connectivity index (χ1n) is 9.61. The van der Waals surface area contributed by atoms with Crippen LogP contribution in [0.1, 0.15) is 17.2 Å². The van der Waals surface area contributed by atoms with E-state index in [0.29, 0.717) is 13.0 Å². The molecule has 0 saturated heterocycles. The second-order valence-corrected chi connectivity index (χ2v) is 9.38. The van der Waals surface area contributed by atoms with E-state index in [1.165, 1.54) is 0 Å². The lowest BCUT2D eigenvalue weighted by atomic mass is 10.1. The molecule has 1 aromatic heterocycles. The van der Waals surface area contributed by atoms with Crippen molar-refractivity contribution in [1.29, 1.82) is 0 Å². The van der Waals surface area contributed by atoms with Gasteiger partial charge < -0.3 is 14.2 Å². The minimum atomic E-state index is -3.39. The summed E-state index contributed by atoms with van der Waals surface area (Å²) in [5, 5.41) is 1.14. The van der Waals surface area contributed by atoms with E-state index in [9.17, 15) is 8.42 Å². The van der Waals surface area contributed by atoms with Crippen molar-refractivity contribution in [3.63, 3.8) is 0 Å². The molecule has 0 amide bonds. The summed E-state index contributed by atoms with van der Waals surface area (Å²) in [6.45, 7) is 0.325. The summed E-state index contributed by atoms with van der Waals surface area (Å²) in [4.78, 5) is 2.05. The number of sulfonamides is 1. The average molecular weight is 416 g/mol. The highest BCUT2D eigenvalue weighted by Crippen LogP contribution is 2.28. The van der Waals surface area contributed by atoms with Crippen LogP contribution in [0.3, 0.4) is 0 Å². The molecule has 0 aliphatic heterocycles. The molecule has 0 aliphatic carbocycles. The Bertz CT molecular complexity index is 1060. The van der Waals surface area contributed by atoms with Gasteiger partial charge in [0.15, 0.2) is 0 Å². The molecule has 7 heteroatoms. The Labute approximate surface area is 173 Å². The van der Waals surface area contributed by atoms with E-state index < -0.39 is 10.0 Å². The number of rotatable bonds is 9. The van der Waals surface area contributed by atoms with E-state index in [-0.39, 0.29) is 11.8 Å². The van der Waals surface area contributed by atoms with E-state index >= 15 is 0 Å². The number of likely N-dealkylation sites (N-methyl/N-ethyl adjacent to an activating group) is 1. The summed E-state index contributed by atoms with van der Waals surface area (Å²) in [5.41, 5.74) is 3.22. The standard InChI is InChI=1S/C22H29N3O3S/c1-24(2)22(20-16-25(3)21-8-6-5-7-19(20)21)15-23-29(26,27)14-13-17-9-11-18(28-4)12-10-17/h5-12,16,22-23H,13-15H2,1-4H3/t22-/m1/s1. The lowest BCUT2D eigenvalue weighted by Crippen LogP contribution is -2.36. The third-order valence-electron chi connectivity index (χ3n) is 5.23. The van der Waals surface area contributed by atoms with Gasteiger partial charge in [-0.05, 0) is 49.8 Å². The lowest BCUT2D eigenvalue weighted by molar-refractivity contribution is 0.301. The molecule has 0 saturated carbocycles. The van der Waals surface area contributed by atoms with Crippen LogP contribution >= 0.6 is 0 Å². The Morgan fingerprint density at radius 1 is 1.10 bits per heavy atom. The zero-order valence-electron chi connectivity index (χ0n) is 17.4. The van der Waals surface area contributed by atoms with E-state index in [4.69, 9.17) is 4.74 Å². The molecular formula is C22H29N3O3S. The maximum atomic E-state index is 12.6. The summed E-state index contributed by atoms with van der Waals surface area (Å²) in [7, 11) is 4.17. The van der Waals surface area contributed by atoms with Crippen LogP contribution in [0, 0.1) is 0 Å².